The van der Waals surface area contributed by atoms with Crippen molar-refractivity contribution < 1.29 is 14.4 Å². The van der Waals surface area contributed by atoms with Crippen LogP contribution in [0.2, 0.25) is 0 Å². The number of rotatable bonds is 9. The van der Waals surface area contributed by atoms with Gasteiger partial charge in [0.25, 0.3) is 0 Å². The van der Waals surface area contributed by atoms with Gasteiger partial charge >= 0.3 is 0 Å². The minimum atomic E-state index is -0.366. The van der Waals surface area contributed by atoms with Crippen LogP contribution in [0.15, 0.2) is 48.7 Å². The molecule has 0 saturated carbocycles. The summed E-state index contributed by atoms with van der Waals surface area (Å²) in [6, 6.07) is 14.6. The Hall–Kier alpha value is -3.73. The maximum Gasteiger partial charge on any atom is 0.245 e. The number of hydrogen-bond acceptors (Lipinski definition) is 5. The summed E-state index contributed by atoms with van der Waals surface area (Å²) in [5, 5.41) is 11.5. The summed E-state index contributed by atoms with van der Waals surface area (Å²) < 4.78 is 0. The highest BCUT2D eigenvalue weighted by atomic mass is 16.2. The van der Waals surface area contributed by atoms with E-state index in [0.717, 1.165) is 5.56 Å². The smallest absolute Gasteiger partial charge is 0.245 e. The van der Waals surface area contributed by atoms with Crippen LogP contribution in [0.3, 0.4) is 0 Å². The number of para-hydroxylation sites is 1. The summed E-state index contributed by atoms with van der Waals surface area (Å²) in [6.45, 7) is 2.01. The highest BCUT2D eigenvalue weighted by Crippen LogP contribution is 2.16. The van der Waals surface area contributed by atoms with E-state index in [1.54, 1.807) is 24.4 Å². The van der Waals surface area contributed by atoms with Crippen molar-refractivity contribution >= 4 is 29.2 Å². The zero-order valence-corrected chi connectivity index (χ0v) is 17.2. The Morgan fingerprint density at radius 2 is 1.80 bits per heavy atom. The molecular weight excluding hydrogens is 382 g/mol. The van der Waals surface area contributed by atoms with Crippen molar-refractivity contribution in [2.75, 3.05) is 30.4 Å². The number of nitriles is 1. The zero-order valence-electron chi connectivity index (χ0n) is 17.2. The van der Waals surface area contributed by atoms with Gasteiger partial charge in [0.1, 0.15) is 5.82 Å². The van der Waals surface area contributed by atoms with Crippen molar-refractivity contribution in [3.63, 3.8) is 0 Å². The van der Waals surface area contributed by atoms with Gasteiger partial charge in [-0.3, -0.25) is 14.4 Å². The average molecular weight is 407 g/mol. The molecule has 1 aromatic heterocycles. The fourth-order valence-electron chi connectivity index (χ4n) is 2.80. The second-order valence-corrected chi connectivity index (χ2v) is 6.81. The Labute approximate surface area is 176 Å². The molecule has 0 aliphatic rings. The molecular formula is C22H25N5O3. The van der Waals surface area contributed by atoms with Crippen molar-refractivity contribution in [2.24, 2.45) is 0 Å². The standard InChI is InChI=1S/C22H25N5O3/c1-17-11-13-24-19(15-17)25-20(28)16-26(2)21(29)9-10-22(30)27(14-6-12-23)18-7-4-3-5-8-18/h3-5,7-8,11,13,15H,6,9-10,14,16H2,1-2H3,(H,24,25,28). The number of carbonyl (C=O) groups excluding carboxylic acids is 3. The molecule has 3 amide bonds. The molecule has 0 fully saturated rings. The van der Waals surface area contributed by atoms with Gasteiger partial charge in [-0.15, -0.1) is 0 Å². The van der Waals surface area contributed by atoms with E-state index in [-0.39, 0.29) is 50.1 Å². The molecule has 0 aliphatic carbocycles. The number of nitrogens with zero attached hydrogens (tertiary/aromatic N) is 4. The number of nitrogens with one attached hydrogen (secondary N) is 1. The Bertz CT molecular complexity index is 924. The minimum absolute atomic E-state index is 0.00937. The molecule has 2 rings (SSSR count). The lowest BCUT2D eigenvalue weighted by molar-refractivity contribution is -0.134. The number of hydrogen-bond donors (Lipinski definition) is 1. The Balaban J connectivity index is 1.87. The van der Waals surface area contributed by atoms with E-state index < -0.39 is 0 Å². The largest absolute Gasteiger partial charge is 0.336 e. The van der Waals surface area contributed by atoms with Crippen LogP contribution in [0, 0.1) is 18.3 Å². The first-order valence-corrected chi connectivity index (χ1v) is 9.59. The van der Waals surface area contributed by atoms with Gasteiger partial charge in [0.2, 0.25) is 17.7 Å². The van der Waals surface area contributed by atoms with Gasteiger partial charge in [-0.25, -0.2) is 4.98 Å². The third kappa shape index (κ3) is 7.02. The number of amides is 3. The fourth-order valence-corrected chi connectivity index (χ4v) is 2.80. The van der Waals surface area contributed by atoms with Crippen LogP contribution in [0.4, 0.5) is 11.5 Å². The summed E-state index contributed by atoms with van der Waals surface area (Å²) in [5.41, 5.74) is 1.64. The lowest BCUT2D eigenvalue weighted by Crippen LogP contribution is -2.36. The van der Waals surface area contributed by atoms with Gasteiger partial charge in [0.05, 0.1) is 19.0 Å². The Kier molecular flexibility index (Phi) is 8.51. The highest BCUT2D eigenvalue weighted by molar-refractivity contribution is 5.97. The molecule has 8 heteroatoms. The first kappa shape index (κ1) is 22.6. The first-order chi connectivity index (χ1) is 14.4. The minimum Gasteiger partial charge on any atom is -0.336 e. The van der Waals surface area contributed by atoms with Crippen molar-refractivity contribution in [1.82, 2.24) is 9.88 Å². The number of aromatic nitrogens is 1. The normalized spacial score (nSPS) is 10.0. The van der Waals surface area contributed by atoms with Gasteiger partial charge in [0.15, 0.2) is 0 Å². The molecule has 156 valence electrons. The van der Waals surface area contributed by atoms with E-state index in [4.69, 9.17) is 5.26 Å². The third-order valence-electron chi connectivity index (χ3n) is 4.36. The highest BCUT2D eigenvalue weighted by Gasteiger charge is 2.19. The third-order valence-corrected chi connectivity index (χ3v) is 4.36. The molecule has 0 bridgehead atoms. The molecule has 0 spiro atoms. The second kappa shape index (κ2) is 11.3. The number of likely N-dealkylation sites (N-methyl/N-ethyl adjacent to an activating group) is 1. The van der Waals surface area contributed by atoms with Gasteiger partial charge in [-0.05, 0) is 36.8 Å². The van der Waals surface area contributed by atoms with Crippen molar-refractivity contribution in [1.29, 1.82) is 5.26 Å². The Morgan fingerprint density at radius 1 is 1.10 bits per heavy atom. The van der Waals surface area contributed by atoms with Crippen LogP contribution in [0.5, 0.6) is 0 Å². The van der Waals surface area contributed by atoms with Gasteiger partial charge in [-0.1, -0.05) is 18.2 Å². The van der Waals surface area contributed by atoms with Crippen LogP contribution in [0.1, 0.15) is 24.8 Å². The van der Waals surface area contributed by atoms with E-state index >= 15 is 0 Å². The molecule has 30 heavy (non-hydrogen) atoms. The summed E-state index contributed by atoms with van der Waals surface area (Å²) in [6.07, 6.45) is 1.75. The van der Waals surface area contributed by atoms with Crippen molar-refractivity contribution in [2.45, 2.75) is 26.2 Å². The summed E-state index contributed by atoms with van der Waals surface area (Å²) in [7, 11) is 1.51. The van der Waals surface area contributed by atoms with E-state index in [1.165, 1.54) is 16.8 Å². The van der Waals surface area contributed by atoms with Crippen LogP contribution in [-0.4, -0.2) is 47.7 Å². The molecule has 1 heterocycles. The van der Waals surface area contributed by atoms with E-state index in [9.17, 15) is 14.4 Å². The first-order valence-electron chi connectivity index (χ1n) is 9.59. The molecule has 0 radical (unpaired) electrons. The molecule has 0 saturated heterocycles. The zero-order chi connectivity index (χ0) is 21.9. The quantitative estimate of drug-likeness (QED) is 0.687. The van der Waals surface area contributed by atoms with Gasteiger partial charge < -0.3 is 15.1 Å². The molecule has 0 atom stereocenters. The summed E-state index contributed by atoms with van der Waals surface area (Å²) in [4.78, 5) is 44.0. The number of anilines is 2. The topological polar surface area (TPSA) is 106 Å². The predicted octanol–water partition coefficient (Wildman–Crippen LogP) is 2.51. The van der Waals surface area contributed by atoms with E-state index in [1.807, 2.05) is 37.3 Å². The maximum atomic E-state index is 12.6. The van der Waals surface area contributed by atoms with E-state index in [0.29, 0.717) is 11.5 Å². The van der Waals surface area contributed by atoms with Crippen LogP contribution in [-0.2, 0) is 14.4 Å². The number of benzene rings is 1. The van der Waals surface area contributed by atoms with Crippen LogP contribution >= 0.6 is 0 Å². The lowest BCUT2D eigenvalue weighted by Gasteiger charge is -2.22. The molecule has 1 aromatic carbocycles. The molecule has 0 unspecified atom stereocenters. The average Bonchev–Trinajstić information content (AvgIpc) is 2.72. The lowest BCUT2D eigenvalue weighted by atomic mass is 10.2. The molecule has 2 aromatic rings. The van der Waals surface area contributed by atoms with Gasteiger partial charge in [-0.2, -0.15) is 5.26 Å². The monoisotopic (exact) mass is 407 g/mol. The molecule has 1 N–H and O–H groups in total. The van der Waals surface area contributed by atoms with Crippen molar-refractivity contribution in [3.8, 4) is 6.07 Å². The number of carbonyl (C=O) groups is 3. The number of pyridine rings is 1. The van der Waals surface area contributed by atoms with Crippen LogP contribution in [0.25, 0.3) is 0 Å². The van der Waals surface area contributed by atoms with Gasteiger partial charge in [0, 0.05) is 38.3 Å². The van der Waals surface area contributed by atoms with Crippen LogP contribution < -0.4 is 10.2 Å². The SMILES string of the molecule is Cc1ccnc(NC(=O)CN(C)C(=O)CCC(=O)N(CCC#N)c2ccccc2)c1. The second-order valence-electron chi connectivity index (χ2n) is 6.81. The fraction of sp³-hybridized carbons (Fsp3) is 0.318. The molecule has 8 nitrogen and oxygen atoms in total. The molecule has 0 aliphatic heterocycles. The Morgan fingerprint density at radius 3 is 2.47 bits per heavy atom. The summed E-state index contributed by atoms with van der Waals surface area (Å²) >= 11 is 0. The summed E-state index contributed by atoms with van der Waals surface area (Å²) in [5.74, 6) is -0.502. The predicted molar refractivity (Wildman–Crippen MR) is 113 cm³/mol. The van der Waals surface area contributed by atoms with Crippen molar-refractivity contribution in [3.05, 3.63) is 54.2 Å². The number of aryl methyl sites for hydroxylation is 1. The van der Waals surface area contributed by atoms with E-state index in [2.05, 4.69) is 10.3 Å². The maximum absolute atomic E-state index is 12.6.